The van der Waals surface area contributed by atoms with Crippen LogP contribution in [0.2, 0.25) is 0 Å². The van der Waals surface area contributed by atoms with Gasteiger partial charge in [-0.2, -0.15) is 0 Å². The van der Waals surface area contributed by atoms with Crippen molar-refractivity contribution in [2.75, 3.05) is 25.1 Å². The largest absolute Gasteiger partial charge is 0.477 e. The molecule has 108 valence electrons. The van der Waals surface area contributed by atoms with Gasteiger partial charge in [0.05, 0.1) is 11.5 Å². The van der Waals surface area contributed by atoms with Gasteiger partial charge in [0.1, 0.15) is 6.61 Å². The highest BCUT2D eigenvalue weighted by atomic mass is 16.6. The number of amides is 1. The van der Waals surface area contributed by atoms with E-state index in [1.807, 2.05) is 0 Å². The Bertz CT molecular complexity index is 532. The average molecular weight is 284 g/mol. The van der Waals surface area contributed by atoms with Gasteiger partial charge in [0, 0.05) is 12.6 Å². The number of ether oxygens (including phenoxy) is 1. The Hall–Kier alpha value is -2.75. The fourth-order valence-corrected chi connectivity index (χ4v) is 1.26. The van der Waals surface area contributed by atoms with Crippen LogP contribution in [0.1, 0.15) is 10.5 Å². The van der Waals surface area contributed by atoms with Gasteiger partial charge < -0.3 is 20.9 Å². The molecule has 0 fully saturated rings. The first-order valence-electron chi connectivity index (χ1n) is 5.40. The van der Waals surface area contributed by atoms with Gasteiger partial charge in [-0.15, -0.1) is 0 Å². The number of rotatable bonds is 8. The number of nitrogens with zero attached hydrogens (tertiary/aromatic N) is 2. The first-order chi connectivity index (χ1) is 9.41. The lowest BCUT2D eigenvalue weighted by atomic mass is 10.3. The lowest BCUT2D eigenvalue weighted by molar-refractivity contribution is -0.384. The van der Waals surface area contributed by atoms with Crippen LogP contribution in [0.3, 0.4) is 0 Å². The number of carbonyl (C=O) groups excluding carboxylic acids is 1. The van der Waals surface area contributed by atoms with Crippen LogP contribution in [-0.4, -0.2) is 46.6 Å². The molecule has 10 nitrogen and oxygen atoms in total. The van der Waals surface area contributed by atoms with Gasteiger partial charge in [-0.25, -0.2) is 9.78 Å². The first kappa shape index (κ1) is 15.3. The van der Waals surface area contributed by atoms with Crippen LogP contribution >= 0.6 is 0 Å². The van der Waals surface area contributed by atoms with E-state index in [-0.39, 0.29) is 37.0 Å². The number of aromatic nitrogens is 1. The molecule has 1 aromatic heterocycles. The number of primary amides is 1. The monoisotopic (exact) mass is 284 g/mol. The number of nitro groups is 1. The van der Waals surface area contributed by atoms with Crippen molar-refractivity contribution >= 4 is 23.4 Å². The van der Waals surface area contributed by atoms with Crippen LogP contribution in [-0.2, 0) is 9.53 Å². The van der Waals surface area contributed by atoms with Crippen LogP contribution in [0.25, 0.3) is 0 Å². The number of pyridine rings is 1. The summed E-state index contributed by atoms with van der Waals surface area (Å²) in [5.74, 6) is -2.12. The maximum atomic E-state index is 10.8. The molecule has 0 saturated heterocycles. The zero-order valence-corrected chi connectivity index (χ0v) is 10.2. The van der Waals surface area contributed by atoms with Crippen molar-refractivity contribution in [2.24, 2.45) is 5.73 Å². The molecule has 0 aromatic carbocycles. The minimum absolute atomic E-state index is 0.0546. The molecule has 0 radical (unpaired) electrons. The van der Waals surface area contributed by atoms with Crippen LogP contribution in [0.5, 0.6) is 0 Å². The number of carboxylic acids is 1. The summed E-state index contributed by atoms with van der Waals surface area (Å²) in [4.78, 5) is 34.9. The Kier molecular flexibility index (Phi) is 5.35. The molecule has 0 bridgehead atoms. The van der Waals surface area contributed by atoms with Gasteiger partial charge in [0.25, 0.3) is 0 Å². The minimum atomic E-state index is -1.30. The number of nitrogens with two attached hydrogens (primary N) is 1. The number of anilines is 1. The Morgan fingerprint density at radius 2 is 2.20 bits per heavy atom. The Labute approximate surface area is 112 Å². The number of nitrogens with one attached hydrogen (secondary N) is 1. The molecule has 0 aliphatic heterocycles. The second kappa shape index (κ2) is 6.99. The van der Waals surface area contributed by atoms with Crippen molar-refractivity contribution in [3.05, 3.63) is 27.9 Å². The fraction of sp³-hybridized carbons (Fsp3) is 0.300. The predicted octanol–water partition coefficient (Wildman–Crippen LogP) is -0.398. The lowest BCUT2D eigenvalue weighted by Crippen LogP contribution is -2.21. The molecule has 1 amide bonds. The van der Waals surface area contributed by atoms with Gasteiger partial charge >= 0.3 is 11.7 Å². The molecule has 1 aromatic rings. The molecule has 0 spiro atoms. The Morgan fingerprint density at radius 1 is 1.50 bits per heavy atom. The zero-order chi connectivity index (χ0) is 15.1. The maximum absolute atomic E-state index is 10.8. The van der Waals surface area contributed by atoms with Crippen molar-refractivity contribution in [3.63, 3.8) is 0 Å². The zero-order valence-electron chi connectivity index (χ0n) is 10.2. The van der Waals surface area contributed by atoms with Crippen molar-refractivity contribution in [1.29, 1.82) is 0 Å². The normalized spacial score (nSPS) is 10.0. The number of carboxylic acid groups (broad SMARTS) is 1. The SMILES string of the molecule is NC(=O)COCCNc1nc(C(=O)O)ccc1[N+](=O)[O-]. The topological polar surface area (TPSA) is 158 Å². The molecule has 20 heavy (non-hydrogen) atoms. The van der Waals surface area contributed by atoms with E-state index >= 15 is 0 Å². The van der Waals surface area contributed by atoms with Gasteiger partial charge in [0.15, 0.2) is 5.69 Å². The van der Waals surface area contributed by atoms with Crippen LogP contribution in [0.4, 0.5) is 11.5 Å². The summed E-state index contributed by atoms with van der Waals surface area (Å²) in [6, 6.07) is 2.08. The minimum Gasteiger partial charge on any atom is -0.477 e. The van der Waals surface area contributed by atoms with Crippen molar-refractivity contribution in [2.45, 2.75) is 0 Å². The second-order valence-corrected chi connectivity index (χ2v) is 3.57. The molecule has 0 unspecified atom stereocenters. The van der Waals surface area contributed by atoms with Gasteiger partial charge in [-0.1, -0.05) is 0 Å². The molecule has 10 heteroatoms. The van der Waals surface area contributed by atoms with Crippen molar-refractivity contribution < 1.29 is 24.4 Å². The maximum Gasteiger partial charge on any atom is 0.354 e. The van der Waals surface area contributed by atoms with Gasteiger partial charge in [-0.3, -0.25) is 14.9 Å². The Morgan fingerprint density at radius 3 is 2.75 bits per heavy atom. The number of carbonyl (C=O) groups is 2. The molecule has 0 atom stereocenters. The predicted molar refractivity (Wildman–Crippen MR) is 66.4 cm³/mol. The van der Waals surface area contributed by atoms with E-state index in [1.54, 1.807) is 0 Å². The summed E-state index contributed by atoms with van der Waals surface area (Å²) < 4.78 is 4.84. The van der Waals surface area contributed by atoms with Crippen molar-refractivity contribution in [1.82, 2.24) is 4.98 Å². The van der Waals surface area contributed by atoms with Gasteiger partial charge in [0.2, 0.25) is 11.7 Å². The van der Waals surface area contributed by atoms with E-state index in [0.29, 0.717) is 0 Å². The van der Waals surface area contributed by atoms with Crippen LogP contribution in [0.15, 0.2) is 12.1 Å². The summed E-state index contributed by atoms with van der Waals surface area (Å²) in [6.07, 6.45) is 0. The standard InChI is InChI=1S/C10H12N4O6/c11-8(15)5-20-4-3-12-9-7(14(18)19)2-1-6(13-9)10(16)17/h1-2H,3-5H2,(H2,11,15)(H,12,13)(H,16,17). The summed E-state index contributed by atoms with van der Waals surface area (Å²) in [5.41, 5.74) is 4.17. The quantitative estimate of drug-likeness (QED) is 0.330. The number of hydrogen-bond donors (Lipinski definition) is 3. The van der Waals surface area contributed by atoms with E-state index in [9.17, 15) is 19.7 Å². The third-order valence-electron chi connectivity index (χ3n) is 2.07. The molecule has 1 rings (SSSR count). The third kappa shape index (κ3) is 4.49. The molecule has 0 saturated carbocycles. The highest BCUT2D eigenvalue weighted by Gasteiger charge is 2.17. The van der Waals surface area contributed by atoms with Gasteiger partial charge in [-0.05, 0) is 6.07 Å². The molecule has 1 heterocycles. The van der Waals surface area contributed by atoms with E-state index in [2.05, 4.69) is 10.3 Å². The highest BCUT2D eigenvalue weighted by Crippen LogP contribution is 2.21. The van der Waals surface area contributed by atoms with E-state index in [4.69, 9.17) is 15.6 Å². The van der Waals surface area contributed by atoms with E-state index in [0.717, 1.165) is 12.1 Å². The molecule has 0 aliphatic carbocycles. The second-order valence-electron chi connectivity index (χ2n) is 3.57. The smallest absolute Gasteiger partial charge is 0.354 e. The summed E-state index contributed by atoms with van der Waals surface area (Å²) in [6.45, 7) is -0.115. The number of hydrogen-bond acceptors (Lipinski definition) is 7. The molecule has 0 aliphatic rings. The van der Waals surface area contributed by atoms with Crippen LogP contribution < -0.4 is 11.1 Å². The van der Waals surface area contributed by atoms with E-state index < -0.39 is 16.8 Å². The van der Waals surface area contributed by atoms with E-state index in [1.165, 1.54) is 0 Å². The Balaban J connectivity index is 2.70. The molecular weight excluding hydrogens is 272 g/mol. The summed E-state index contributed by atoms with van der Waals surface area (Å²) in [7, 11) is 0. The van der Waals surface area contributed by atoms with Crippen molar-refractivity contribution in [3.8, 4) is 0 Å². The molecular formula is C10H12N4O6. The summed E-state index contributed by atoms with van der Waals surface area (Å²) in [5, 5.41) is 22.1. The fourth-order valence-electron chi connectivity index (χ4n) is 1.26. The third-order valence-corrected chi connectivity index (χ3v) is 2.07. The van der Waals surface area contributed by atoms with Crippen LogP contribution in [0, 0.1) is 10.1 Å². The first-order valence-corrected chi connectivity index (χ1v) is 5.40. The highest BCUT2D eigenvalue weighted by molar-refractivity contribution is 5.86. The number of aromatic carboxylic acids is 1. The lowest BCUT2D eigenvalue weighted by Gasteiger charge is -2.07. The average Bonchev–Trinajstić information content (AvgIpc) is 2.37. The molecule has 4 N–H and O–H groups in total. The summed E-state index contributed by atoms with van der Waals surface area (Å²) >= 11 is 0.